The second kappa shape index (κ2) is 13.4. The van der Waals surface area contributed by atoms with Crippen molar-refractivity contribution in [2.45, 2.75) is 10.1 Å². The topological polar surface area (TPSA) is 186 Å². The van der Waals surface area contributed by atoms with Gasteiger partial charge in [-0.1, -0.05) is 29.3 Å². The normalized spacial score (nSPS) is 12.1. The number of anilines is 3. The number of rotatable bonds is 10. The van der Waals surface area contributed by atoms with Crippen molar-refractivity contribution in [3.8, 4) is 17.6 Å². The Kier molecular flexibility index (Phi) is 9.84. The first-order valence-electron chi connectivity index (χ1n) is 12.0. The first-order chi connectivity index (χ1) is 20.4. The Morgan fingerprint density at radius 2 is 1.77 bits per heavy atom. The van der Waals surface area contributed by atoms with Crippen LogP contribution in [0.15, 0.2) is 64.7 Å². The summed E-state index contributed by atoms with van der Waals surface area (Å²) in [6.45, 7) is 0. The Bertz CT molecular complexity index is 1920. The van der Waals surface area contributed by atoms with Gasteiger partial charge in [0, 0.05) is 23.2 Å². The van der Waals surface area contributed by atoms with Crippen molar-refractivity contribution in [2.24, 2.45) is 5.14 Å². The first kappa shape index (κ1) is 31.7. The molecule has 0 aliphatic carbocycles. The zero-order valence-corrected chi connectivity index (χ0v) is 25.6. The Balaban J connectivity index is 1.72. The van der Waals surface area contributed by atoms with Gasteiger partial charge in [-0.05, 0) is 48.0 Å². The van der Waals surface area contributed by atoms with E-state index in [1.54, 1.807) is 24.3 Å². The maximum atomic E-state index is 13.3. The quantitative estimate of drug-likeness (QED) is 0.160. The third-order valence-electron chi connectivity index (χ3n) is 5.75. The predicted molar refractivity (Wildman–Crippen MR) is 165 cm³/mol. The van der Waals surface area contributed by atoms with E-state index >= 15 is 0 Å². The van der Waals surface area contributed by atoms with Crippen LogP contribution in [-0.2, 0) is 25.6 Å². The molecule has 4 rings (SSSR count). The Hall–Kier alpha value is -4.26. The number of aromatic nitrogens is 2. The number of allylic oxidation sites excluding steroid dienone is 1. The average Bonchev–Trinajstić information content (AvgIpc) is 2.96. The number of primary sulfonamides is 1. The van der Waals surface area contributed by atoms with Gasteiger partial charge in [0.2, 0.25) is 21.1 Å². The van der Waals surface area contributed by atoms with E-state index in [4.69, 9.17) is 43.1 Å². The number of nitrogens with two attached hydrogens (primary N) is 1. The maximum Gasteiger partial charge on any atom is 0.238 e. The number of benzene rings is 3. The number of nitrogens with one attached hydrogen (secondary N) is 2. The average molecular weight is 662 g/mol. The largest absolute Gasteiger partial charge is 0.493 e. The van der Waals surface area contributed by atoms with Crippen molar-refractivity contribution in [3.05, 3.63) is 70.2 Å². The van der Waals surface area contributed by atoms with Gasteiger partial charge in [0.1, 0.15) is 22.4 Å². The number of sulfonamides is 1. The number of carbonyl (C=O) groups is 1. The predicted octanol–water partition coefficient (Wildman–Crippen LogP) is 4.63. The Morgan fingerprint density at radius 1 is 1.09 bits per heavy atom. The van der Waals surface area contributed by atoms with Crippen molar-refractivity contribution in [1.29, 1.82) is 5.26 Å². The number of nitriles is 1. The molecule has 0 bridgehead atoms. The molecule has 0 fully saturated rings. The lowest BCUT2D eigenvalue weighted by Crippen LogP contribution is -2.21. The van der Waals surface area contributed by atoms with Crippen LogP contribution in [0.4, 0.5) is 17.2 Å². The molecule has 12 nitrogen and oxygen atoms in total. The summed E-state index contributed by atoms with van der Waals surface area (Å²) in [6, 6.07) is 13.6. The summed E-state index contributed by atoms with van der Waals surface area (Å²) >= 11 is 13.0. The molecule has 0 spiro atoms. The maximum absolute atomic E-state index is 13.3. The van der Waals surface area contributed by atoms with Crippen molar-refractivity contribution in [3.63, 3.8) is 0 Å². The lowest BCUT2D eigenvalue weighted by Gasteiger charge is -2.15. The Morgan fingerprint density at radius 3 is 2.40 bits per heavy atom. The highest BCUT2D eigenvalue weighted by molar-refractivity contribution is 7.89. The number of methoxy groups -OCH3 is 2. The molecule has 1 atom stereocenters. The second-order valence-electron chi connectivity index (χ2n) is 8.64. The van der Waals surface area contributed by atoms with E-state index in [2.05, 4.69) is 20.6 Å². The molecule has 0 saturated carbocycles. The van der Waals surface area contributed by atoms with Gasteiger partial charge < -0.3 is 20.1 Å². The van der Waals surface area contributed by atoms with Gasteiger partial charge >= 0.3 is 0 Å². The number of nitrogens with zero attached hydrogens (tertiary/aromatic N) is 3. The van der Waals surface area contributed by atoms with Crippen LogP contribution in [0.2, 0.25) is 10.0 Å². The van der Waals surface area contributed by atoms with Gasteiger partial charge in [-0.25, -0.2) is 23.5 Å². The van der Waals surface area contributed by atoms with E-state index in [0.717, 1.165) is 0 Å². The van der Waals surface area contributed by atoms with Crippen LogP contribution in [-0.4, -0.2) is 48.5 Å². The second-order valence-corrected chi connectivity index (χ2v) is 12.4. The van der Waals surface area contributed by atoms with Crippen LogP contribution >= 0.6 is 23.2 Å². The summed E-state index contributed by atoms with van der Waals surface area (Å²) in [5.74, 6) is -0.388. The molecular formula is C27H22Cl2N6O6S2. The summed E-state index contributed by atoms with van der Waals surface area (Å²) < 4.78 is 47.4. The minimum atomic E-state index is -3.99. The number of hydrogen-bond acceptors (Lipinski definition) is 10. The molecule has 1 aromatic heterocycles. The van der Waals surface area contributed by atoms with Gasteiger partial charge in [0.25, 0.3) is 0 Å². The molecule has 4 N–H and O–H groups in total. The van der Waals surface area contributed by atoms with Crippen molar-refractivity contribution in [2.75, 3.05) is 30.6 Å². The number of carbonyl (C=O) groups excluding carboxylic acids is 1. The summed E-state index contributed by atoms with van der Waals surface area (Å²) in [6.07, 6.45) is 2.82. The van der Waals surface area contributed by atoms with Gasteiger partial charge in [-0.3, -0.25) is 9.00 Å². The molecule has 0 radical (unpaired) electrons. The van der Waals surface area contributed by atoms with Crippen LogP contribution in [0.25, 0.3) is 17.0 Å². The van der Waals surface area contributed by atoms with E-state index in [1.165, 1.54) is 50.6 Å². The monoisotopic (exact) mass is 660 g/mol. The zero-order chi connectivity index (χ0) is 31.3. The summed E-state index contributed by atoms with van der Waals surface area (Å²) in [7, 11) is -3.16. The molecule has 3 aromatic carbocycles. The fourth-order valence-corrected chi connectivity index (χ4v) is 5.81. The lowest BCUT2D eigenvalue weighted by molar-refractivity contribution is -0.113. The number of amides is 1. The van der Waals surface area contributed by atoms with E-state index in [0.29, 0.717) is 28.0 Å². The highest BCUT2D eigenvalue weighted by atomic mass is 35.5. The standard InChI is InChI=1S/C27H22Cl2N6O6S2/c1-40-22-12-18-21(13-23(22)41-2)33-27(35-26(18)34-25-19(28)9-15(5-4-8-30)10-20(25)29)42(37)14-24(36)32-16-6-3-7-17(11-16)43(31,38)39/h3-7,9-13H,14H2,1-2H3,(H,32,36)(H2,31,38,39)(H,33,34,35)/b5-4+. The van der Waals surface area contributed by atoms with Gasteiger partial charge in [-0.15, -0.1) is 0 Å². The van der Waals surface area contributed by atoms with Gasteiger partial charge in [0.15, 0.2) is 11.5 Å². The zero-order valence-electron chi connectivity index (χ0n) is 22.4. The molecule has 1 heterocycles. The lowest BCUT2D eigenvalue weighted by atomic mass is 10.1. The van der Waals surface area contributed by atoms with E-state index in [1.807, 2.05) is 6.07 Å². The van der Waals surface area contributed by atoms with Crippen LogP contribution in [0.1, 0.15) is 5.56 Å². The third kappa shape index (κ3) is 7.58. The summed E-state index contributed by atoms with van der Waals surface area (Å²) in [5, 5.41) is 20.2. The SMILES string of the molecule is COc1cc2nc(S(=O)CC(=O)Nc3cccc(S(N)(=O)=O)c3)nc(Nc3c(Cl)cc(/C=C/C#N)cc3Cl)c2cc1OC. The van der Waals surface area contributed by atoms with E-state index < -0.39 is 32.5 Å². The Labute approximate surface area is 258 Å². The number of ether oxygens (including phenoxy) is 2. The van der Waals surface area contributed by atoms with Crippen LogP contribution in [0, 0.1) is 11.3 Å². The highest BCUT2D eigenvalue weighted by Crippen LogP contribution is 2.39. The molecule has 16 heteroatoms. The summed E-state index contributed by atoms with van der Waals surface area (Å²) in [5.41, 5.74) is 1.31. The molecule has 4 aromatic rings. The molecule has 0 aliphatic heterocycles. The highest BCUT2D eigenvalue weighted by Gasteiger charge is 2.20. The molecule has 222 valence electrons. The summed E-state index contributed by atoms with van der Waals surface area (Å²) in [4.78, 5) is 21.3. The fraction of sp³-hybridized carbons (Fsp3) is 0.111. The molecule has 1 unspecified atom stereocenters. The number of fused-ring (bicyclic) bond motifs is 1. The molecule has 0 aliphatic rings. The third-order valence-corrected chi connectivity index (χ3v) is 8.37. The number of halogens is 2. The molecule has 43 heavy (non-hydrogen) atoms. The molecular weight excluding hydrogens is 639 g/mol. The fourth-order valence-electron chi connectivity index (χ4n) is 3.82. The van der Waals surface area contributed by atoms with Crippen molar-refractivity contribution in [1.82, 2.24) is 9.97 Å². The minimum Gasteiger partial charge on any atom is -0.493 e. The first-order valence-corrected chi connectivity index (χ1v) is 15.6. The van der Waals surface area contributed by atoms with Crippen LogP contribution in [0.5, 0.6) is 11.5 Å². The molecule has 1 amide bonds. The van der Waals surface area contributed by atoms with E-state index in [-0.39, 0.29) is 37.3 Å². The van der Waals surface area contributed by atoms with Crippen molar-refractivity contribution < 1.29 is 26.9 Å². The van der Waals surface area contributed by atoms with Crippen molar-refractivity contribution >= 4 is 84.1 Å². The van der Waals surface area contributed by atoms with Gasteiger partial charge in [0.05, 0.1) is 46.4 Å². The molecule has 0 saturated heterocycles. The van der Waals surface area contributed by atoms with Crippen LogP contribution < -0.4 is 25.2 Å². The smallest absolute Gasteiger partial charge is 0.238 e. The van der Waals surface area contributed by atoms with E-state index in [9.17, 15) is 17.4 Å². The van der Waals surface area contributed by atoms with Crippen LogP contribution in [0.3, 0.4) is 0 Å². The van der Waals surface area contributed by atoms with Gasteiger partial charge in [-0.2, -0.15) is 5.26 Å². The minimum absolute atomic E-state index is 0.143. The number of hydrogen-bond donors (Lipinski definition) is 3.